The van der Waals surface area contributed by atoms with E-state index in [9.17, 15) is 4.79 Å². The maximum absolute atomic E-state index is 10.9. The molecule has 0 atom stereocenters. The van der Waals surface area contributed by atoms with Crippen molar-refractivity contribution in [2.75, 3.05) is 7.11 Å². The highest BCUT2D eigenvalue weighted by molar-refractivity contribution is 7.21. The molecule has 0 saturated heterocycles. The summed E-state index contributed by atoms with van der Waals surface area (Å²) >= 11 is 1.35. The Balaban J connectivity index is 2.73. The second kappa shape index (κ2) is 3.31. The number of thiophene rings is 1. The van der Waals surface area contributed by atoms with E-state index < -0.39 is 5.97 Å². The van der Waals surface area contributed by atoms with Crippen LogP contribution in [0.1, 0.15) is 10.4 Å². The van der Waals surface area contributed by atoms with Crippen molar-refractivity contribution in [1.29, 1.82) is 0 Å². The van der Waals surface area contributed by atoms with Crippen LogP contribution in [-0.4, -0.2) is 18.2 Å². The molecule has 0 aliphatic heterocycles. The predicted octanol–water partition coefficient (Wildman–Crippen LogP) is 2.61. The van der Waals surface area contributed by atoms with Crippen LogP contribution in [0.3, 0.4) is 0 Å². The molecule has 0 unspecified atom stereocenters. The third kappa shape index (κ3) is 1.33. The van der Waals surface area contributed by atoms with Gasteiger partial charge in [0.15, 0.2) is 5.06 Å². The number of carbonyl (C=O) groups is 1. The molecule has 0 bridgehead atoms. The number of hydrogen-bond acceptors (Lipinski definition) is 3. The summed E-state index contributed by atoms with van der Waals surface area (Å²) in [5, 5.41) is 10.6. The van der Waals surface area contributed by atoms with Crippen molar-refractivity contribution in [1.82, 2.24) is 0 Å². The van der Waals surface area contributed by atoms with Crippen molar-refractivity contribution < 1.29 is 14.6 Å². The Hall–Kier alpha value is -1.55. The van der Waals surface area contributed by atoms with E-state index in [1.807, 2.05) is 12.1 Å². The minimum Gasteiger partial charge on any atom is -0.487 e. The zero-order valence-corrected chi connectivity index (χ0v) is 8.30. The molecule has 0 amide bonds. The fourth-order valence-corrected chi connectivity index (χ4v) is 2.29. The molecule has 1 aromatic carbocycles. The molecule has 2 aromatic rings. The van der Waals surface area contributed by atoms with Crippen molar-refractivity contribution >= 4 is 27.4 Å². The van der Waals surface area contributed by atoms with E-state index in [0.29, 0.717) is 5.56 Å². The van der Waals surface area contributed by atoms with E-state index in [1.54, 1.807) is 19.2 Å². The summed E-state index contributed by atoms with van der Waals surface area (Å²) in [4.78, 5) is 10.9. The van der Waals surface area contributed by atoms with Crippen molar-refractivity contribution in [3.8, 4) is 5.06 Å². The molecule has 0 aliphatic rings. The van der Waals surface area contributed by atoms with Gasteiger partial charge in [-0.25, -0.2) is 4.79 Å². The minimum absolute atomic E-state index is 0.329. The lowest BCUT2D eigenvalue weighted by molar-refractivity contribution is 0.0699. The smallest absolute Gasteiger partial charge is 0.337 e. The Bertz CT molecular complexity index is 487. The van der Waals surface area contributed by atoms with Gasteiger partial charge in [0, 0.05) is 0 Å². The second-order valence-electron chi connectivity index (χ2n) is 2.80. The molecule has 1 aromatic heterocycles. The maximum Gasteiger partial charge on any atom is 0.337 e. The van der Waals surface area contributed by atoms with E-state index in [4.69, 9.17) is 9.84 Å². The zero-order chi connectivity index (χ0) is 10.1. The lowest BCUT2D eigenvalue weighted by Gasteiger charge is -1.94. The van der Waals surface area contributed by atoms with E-state index in [2.05, 4.69) is 0 Å². The van der Waals surface area contributed by atoms with Gasteiger partial charge in [0.2, 0.25) is 0 Å². The third-order valence-corrected chi connectivity index (χ3v) is 3.10. The number of rotatable bonds is 2. The van der Waals surface area contributed by atoms with Crippen molar-refractivity contribution in [3.05, 3.63) is 29.8 Å². The topological polar surface area (TPSA) is 46.5 Å². The van der Waals surface area contributed by atoms with Gasteiger partial charge in [-0.3, -0.25) is 0 Å². The van der Waals surface area contributed by atoms with Gasteiger partial charge < -0.3 is 9.84 Å². The summed E-state index contributed by atoms with van der Waals surface area (Å²) in [5.74, 6) is -0.903. The summed E-state index contributed by atoms with van der Waals surface area (Å²) < 4.78 is 5.82. The summed E-state index contributed by atoms with van der Waals surface area (Å²) in [6.45, 7) is 0. The minimum atomic E-state index is -0.903. The number of hydrogen-bond donors (Lipinski definition) is 1. The Labute approximate surface area is 84.6 Å². The average Bonchev–Trinajstić information content (AvgIpc) is 2.59. The number of ether oxygens (including phenoxy) is 1. The number of carboxylic acids is 1. The average molecular weight is 208 g/mol. The van der Waals surface area contributed by atoms with Gasteiger partial charge in [0.1, 0.15) is 0 Å². The Morgan fingerprint density at radius 3 is 2.93 bits per heavy atom. The van der Waals surface area contributed by atoms with E-state index in [-0.39, 0.29) is 0 Å². The van der Waals surface area contributed by atoms with Crippen LogP contribution in [0.4, 0.5) is 0 Å². The van der Waals surface area contributed by atoms with Crippen LogP contribution in [0.5, 0.6) is 5.06 Å². The number of carboxylic acid groups (broad SMARTS) is 1. The van der Waals surface area contributed by atoms with Crippen LogP contribution in [0.25, 0.3) is 10.1 Å². The number of methoxy groups -OCH3 is 1. The van der Waals surface area contributed by atoms with Gasteiger partial charge in [-0.15, -0.1) is 0 Å². The molecule has 1 heterocycles. The second-order valence-corrected chi connectivity index (χ2v) is 3.81. The van der Waals surface area contributed by atoms with Gasteiger partial charge in [0.25, 0.3) is 0 Å². The lowest BCUT2D eigenvalue weighted by Crippen LogP contribution is -1.94. The Morgan fingerprint density at radius 2 is 2.29 bits per heavy atom. The molecular formula is C10H8O3S. The summed E-state index contributed by atoms with van der Waals surface area (Å²) in [7, 11) is 1.57. The maximum atomic E-state index is 10.9. The van der Waals surface area contributed by atoms with Crippen molar-refractivity contribution in [3.63, 3.8) is 0 Å². The van der Waals surface area contributed by atoms with E-state index >= 15 is 0 Å². The highest BCUT2D eigenvalue weighted by Gasteiger charge is 2.11. The fraction of sp³-hybridized carbons (Fsp3) is 0.100. The van der Waals surface area contributed by atoms with Crippen LogP contribution < -0.4 is 4.74 Å². The van der Waals surface area contributed by atoms with E-state index in [1.165, 1.54) is 11.3 Å². The summed E-state index contributed by atoms with van der Waals surface area (Å²) in [6, 6.07) is 7.05. The van der Waals surface area contributed by atoms with Crippen molar-refractivity contribution in [2.45, 2.75) is 0 Å². The molecule has 0 fully saturated rings. The predicted molar refractivity (Wildman–Crippen MR) is 55.3 cm³/mol. The molecular weight excluding hydrogens is 200 g/mol. The first kappa shape index (κ1) is 9.02. The van der Waals surface area contributed by atoms with Crippen molar-refractivity contribution in [2.24, 2.45) is 0 Å². The Morgan fingerprint density at radius 1 is 1.50 bits per heavy atom. The molecule has 0 aliphatic carbocycles. The largest absolute Gasteiger partial charge is 0.487 e. The highest BCUT2D eigenvalue weighted by Crippen LogP contribution is 2.33. The monoisotopic (exact) mass is 208 g/mol. The zero-order valence-electron chi connectivity index (χ0n) is 7.48. The SMILES string of the molecule is COc1cc2cccc(C(=O)O)c2s1. The summed E-state index contributed by atoms with van der Waals surface area (Å²) in [6.07, 6.45) is 0. The fourth-order valence-electron chi connectivity index (χ4n) is 1.31. The third-order valence-electron chi connectivity index (χ3n) is 1.95. The van der Waals surface area contributed by atoms with Crippen LogP contribution in [0, 0.1) is 0 Å². The Kier molecular flexibility index (Phi) is 2.13. The molecule has 0 saturated carbocycles. The highest BCUT2D eigenvalue weighted by atomic mass is 32.1. The molecule has 3 nitrogen and oxygen atoms in total. The van der Waals surface area contributed by atoms with Crippen LogP contribution >= 0.6 is 11.3 Å². The van der Waals surface area contributed by atoms with Crippen LogP contribution in [0.15, 0.2) is 24.3 Å². The van der Waals surface area contributed by atoms with Gasteiger partial charge in [-0.2, -0.15) is 0 Å². The molecule has 0 radical (unpaired) electrons. The molecule has 0 spiro atoms. The molecule has 4 heteroatoms. The lowest BCUT2D eigenvalue weighted by atomic mass is 10.2. The first-order valence-corrected chi connectivity index (χ1v) is 4.84. The normalized spacial score (nSPS) is 10.4. The van der Waals surface area contributed by atoms with Gasteiger partial charge in [-0.05, 0) is 17.5 Å². The van der Waals surface area contributed by atoms with Gasteiger partial charge in [0.05, 0.1) is 17.4 Å². The first-order valence-electron chi connectivity index (χ1n) is 4.02. The quantitative estimate of drug-likeness (QED) is 0.825. The number of benzene rings is 1. The van der Waals surface area contributed by atoms with Gasteiger partial charge >= 0.3 is 5.97 Å². The summed E-state index contributed by atoms with van der Waals surface area (Å²) in [5.41, 5.74) is 0.329. The molecule has 72 valence electrons. The molecule has 2 rings (SSSR count). The van der Waals surface area contributed by atoms with Gasteiger partial charge in [-0.1, -0.05) is 23.5 Å². The van der Waals surface area contributed by atoms with E-state index in [0.717, 1.165) is 15.1 Å². The molecule has 14 heavy (non-hydrogen) atoms. The van der Waals surface area contributed by atoms with Crippen LogP contribution in [-0.2, 0) is 0 Å². The number of aromatic carboxylic acids is 1. The number of fused-ring (bicyclic) bond motifs is 1. The standard InChI is InChI=1S/C10H8O3S/c1-13-8-5-6-3-2-4-7(10(11)12)9(6)14-8/h2-5H,1H3,(H,11,12). The van der Waals surface area contributed by atoms with Crippen LogP contribution in [0.2, 0.25) is 0 Å². The molecule has 1 N–H and O–H groups in total. The first-order chi connectivity index (χ1) is 6.72.